The highest BCUT2D eigenvalue weighted by molar-refractivity contribution is 5.78. The van der Waals surface area contributed by atoms with E-state index in [0.717, 1.165) is 12.8 Å². The number of rotatable bonds is 5. The average Bonchev–Trinajstić information content (AvgIpc) is 3.25. The molecular weight excluding hydrogens is 466 g/mol. The van der Waals surface area contributed by atoms with Crippen LogP contribution in [0.4, 0.5) is 17.6 Å². The molecule has 4 rings (SSSR count). The van der Waals surface area contributed by atoms with E-state index in [9.17, 15) is 32.3 Å². The zero-order chi connectivity index (χ0) is 25.4. The zero-order valence-electron chi connectivity index (χ0n) is 19.5. The molecule has 1 saturated heterocycles. The van der Waals surface area contributed by atoms with Gasteiger partial charge in [-0.1, -0.05) is 31.9 Å². The number of carbonyl (C=O) groups excluding carboxylic acids is 1. The molecule has 1 aliphatic heterocycles. The summed E-state index contributed by atoms with van der Waals surface area (Å²) in [5.74, 6) is -2.20. The minimum Gasteiger partial charge on any atom is -0.387 e. The molecule has 2 fully saturated rings. The van der Waals surface area contributed by atoms with E-state index in [1.807, 2.05) is 0 Å². The summed E-state index contributed by atoms with van der Waals surface area (Å²) in [5, 5.41) is 11.8. The van der Waals surface area contributed by atoms with Crippen molar-refractivity contribution in [2.75, 3.05) is 13.1 Å². The molecule has 0 bridgehead atoms. The van der Waals surface area contributed by atoms with Gasteiger partial charge in [-0.05, 0) is 31.4 Å². The van der Waals surface area contributed by atoms with Crippen LogP contribution in [0.2, 0.25) is 0 Å². The van der Waals surface area contributed by atoms with Crippen molar-refractivity contribution in [3.05, 3.63) is 52.8 Å². The van der Waals surface area contributed by atoms with Crippen LogP contribution in [0.3, 0.4) is 0 Å². The van der Waals surface area contributed by atoms with E-state index >= 15 is 0 Å². The van der Waals surface area contributed by atoms with Gasteiger partial charge in [0.15, 0.2) is 0 Å². The molecule has 1 spiro atoms. The van der Waals surface area contributed by atoms with Gasteiger partial charge >= 0.3 is 6.18 Å². The second-order valence-electron chi connectivity index (χ2n) is 10.00. The monoisotopic (exact) mass is 495 g/mol. The Morgan fingerprint density at radius 2 is 1.91 bits per heavy atom. The average molecular weight is 496 g/mol. The molecule has 35 heavy (non-hydrogen) atoms. The van der Waals surface area contributed by atoms with Gasteiger partial charge in [-0.15, -0.1) is 0 Å². The molecule has 10 heteroatoms. The van der Waals surface area contributed by atoms with Gasteiger partial charge in [0.25, 0.3) is 5.56 Å². The maximum absolute atomic E-state index is 13.6. The number of piperidine rings is 1. The van der Waals surface area contributed by atoms with Crippen molar-refractivity contribution in [3.8, 4) is 11.3 Å². The van der Waals surface area contributed by atoms with E-state index in [1.165, 1.54) is 47.0 Å². The predicted molar refractivity (Wildman–Crippen MR) is 121 cm³/mol. The van der Waals surface area contributed by atoms with E-state index in [1.54, 1.807) is 6.07 Å². The minimum atomic E-state index is -4.43. The molecule has 1 N–H and O–H groups in total. The summed E-state index contributed by atoms with van der Waals surface area (Å²) in [6.07, 6.45) is -1.25. The molecule has 2 heterocycles. The van der Waals surface area contributed by atoms with Crippen molar-refractivity contribution in [2.24, 2.45) is 11.3 Å². The number of aromatic nitrogens is 2. The molecule has 0 radical (unpaired) electrons. The normalized spacial score (nSPS) is 23.0. The van der Waals surface area contributed by atoms with Gasteiger partial charge < -0.3 is 10.0 Å². The highest BCUT2D eigenvalue weighted by Crippen LogP contribution is 2.51. The van der Waals surface area contributed by atoms with Crippen LogP contribution in [-0.2, 0) is 11.3 Å². The first-order valence-electron chi connectivity index (χ1n) is 11.8. The van der Waals surface area contributed by atoms with Crippen molar-refractivity contribution in [1.29, 1.82) is 0 Å². The summed E-state index contributed by atoms with van der Waals surface area (Å²) >= 11 is 0. The van der Waals surface area contributed by atoms with Crippen LogP contribution < -0.4 is 5.56 Å². The molecule has 2 aromatic rings. The molecule has 1 aromatic heterocycles. The van der Waals surface area contributed by atoms with Crippen LogP contribution in [0.1, 0.15) is 45.4 Å². The standard InChI is InChI=1S/C25H29F4N3O3/c1-17(13-25(27,28)29)22(34)31-10-9-24(35,23(14-31)7-2-3-8-23)15-32-16-30-20(12-21(32)33)18-5-4-6-19(26)11-18/h4-6,11-12,16-17,35H,2-3,7-10,13-15H2,1H3. The number of hydrogen-bond donors (Lipinski definition) is 1. The van der Waals surface area contributed by atoms with E-state index in [0.29, 0.717) is 24.1 Å². The third-order valence-electron chi connectivity index (χ3n) is 7.54. The lowest BCUT2D eigenvalue weighted by Gasteiger charge is -2.52. The van der Waals surface area contributed by atoms with Gasteiger partial charge in [-0.3, -0.25) is 14.2 Å². The highest BCUT2D eigenvalue weighted by Gasteiger charge is 2.56. The van der Waals surface area contributed by atoms with Crippen molar-refractivity contribution in [2.45, 2.75) is 63.8 Å². The lowest BCUT2D eigenvalue weighted by molar-refractivity contribution is -0.172. The molecule has 190 valence electrons. The zero-order valence-corrected chi connectivity index (χ0v) is 19.5. The van der Waals surface area contributed by atoms with E-state index in [2.05, 4.69) is 4.98 Å². The molecule has 2 unspecified atom stereocenters. The molecule has 2 atom stereocenters. The largest absolute Gasteiger partial charge is 0.389 e. The fraction of sp³-hybridized carbons (Fsp3) is 0.560. The quantitative estimate of drug-likeness (QED) is 0.632. The van der Waals surface area contributed by atoms with Crippen LogP contribution in [-0.4, -0.2) is 50.3 Å². The Kier molecular flexibility index (Phi) is 6.78. The van der Waals surface area contributed by atoms with E-state index in [-0.39, 0.29) is 26.1 Å². The first-order chi connectivity index (χ1) is 16.4. The summed E-state index contributed by atoms with van der Waals surface area (Å²) in [6, 6.07) is 7.02. The van der Waals surface area contributed by atoms with Crippen LogP contribution in [0.5, 0.6) is 0 Å². The number of halogens is 4. The summed E-state index contributed by atoms with van der Waals surface area (Å²) in [5.41, 5.74) is -1.66. The molecule has 1 aliphatic carbocycles. The van der Waals surface area contributed by atoms with Gasteiger partial charge in [0.2, 0.25) is 5.91 Å². The number of hydrogen-bond acceptors (Lipinski definition) is 4. The SMILES string of the molecule is CC(CC(F)(F)F)C(=O)N1CCC(O)(Cn2cnc(-c3cccc(F)c3)cc2=O)C2(CCCC2)C1. The first kappa shape index (κ1) is 25.3. The summed E-state index contributed by atoms with van der Waals surface area (Å²) < 4.78 is 53.3. The molecule has 6 nitrogen and oxygen atoms in total. The van der Waals surface area contributed by atoms with E-state index in [4.69, 9.17) is 0 Å². The number of carbonyl (C=O) groups is 1. The number of nitrogens with zero attached hydrogens (tertiary/aromatic N) is 3. The Bertz CT molecular complexity index is 1140. The Morgan fingerprint density at radius 1 is 1.20 bits per heavy atom. The fourth-order valence-corrected chi connectivity index (χ4v) is 5.67. The molecular formula is C25H29F4N3O3. The van der Waals surface area contributed by atoms with Gasteiger partial charge in [-0.2, -0.15) is 13.2 Å². The second-order valence-corrected chi connectivity index (χ2v) is 10.00. The van der Waals surface area contributed by atoms with Gasteiger partial charge in [0, 0.05) is 36.1 Å². The van der Waals surface area contributed by atoms with Crippen LogP contribution in [0, 0.1) is 17.2 Å². The second kappa shape index (κ2) is 9.37. The Morgan fingerprint density at radius 3 is 2.54 bits per heavy atom. The number of likely N-dealkylation sites (tertiary alicyclic amines) is 1. The van der Waals surface area contributed by atoms with E-state index < -0.39 is 46.8 Å². The van der Waals surface area contributed by atoms with Gasteiger partial charge in [0.1, 0.15) is 5.82 Å². The number of alkyl halides is 3. The summed E-state index contributed by atoms with van der Waals surface area (Å²) in [4.78, 5) is 31.4. The van der Waals surface area contributed by atoms with Crippen molar-refractivity contribution >= 4 is 5.91 Å². The van der Waals surface area contributed by atoms with Gasteiger partial charge in [0.05, 0.1) is 30.6 Å². The summed E-state index contributed by atoms with van der Waals surface area (Å²) in [7, 11) is 0. The van der Waals surface area contributed by atoms with Crippen LogP contribution >= 0.6 is 0 Å². The Labute approximate surface area is 200 Å². The minimum absolute atomic E-state index is 0.0393. The first-order valence-corrected chi connectivity index (χ1v) is 11.8. The highest BCUT2D eigenvalue weighted by atomic mass is 19.4. The molecule has 1 amide bonds. The van der Waals surface area contributed by atoms with Crippen molar-refractivity contribution < 1.29 is 27.5 Å². The summed E-state index contributed by atoms with van der Waals surface area (Å²) in [6.45, 7) is 1.52. The van der Waals surface area contributed by atoms with Crippen LogP contribution in [0.25, 0.3) is 11.3 Å². The smallest absolute Gasteiger partial charge is 0.387 e. The molecule has 2 aliphatic rings. The lowest BCUT2D eigenvalue weighted by Crippen LogP contribution is -2.62. The number of aliphatic hydroxyl groups is 1. The third kappa shape index (κ3) is 5.27. The Balaban J connectivity index is 1.55. The maximum Gasteiger partial charge on any atom is 0.389 e. The molecule has 1 saturated carbocycles. The number of amides is 1. The Hall–Kier alpha value is -2.75. The topological polar surface area (TPSA) is 75.4 Å². The lowest BCUT2D eigenvalue weighted by atomic mass is 9.65. The van der Waals surface area contributed by atoms with Crippen LogP contribution in [0.15, 0.2) is 41.5 Å². The van der Waals surface area contributed by atoms with Crippen molar-refractivity contribution in [3.63, 3.8) is 0 Å². The fourth-order valence-electron chi connectivity index (χ4n) is 5.67. The third-order valence-corrected chi connectivity index (χ3v) is 7.54. The maximum atomic E-state index is 13.6. The number of benzene rings is 1. The predicted octanol–water partition coefficient (Wildman–Crippen LogP) is 4.16. The van der Waals surface area contributed by atoms with Gasteiger partial charge in [-0.25, -0.2) is 9.37 Å². The molecule has 1 aromatic carbocycles. The van der Waals surface area contributed by atoms with Crippen molar-refractivity contribution in [1.82, 2.24) is 14.5 Å².